The molecule has 2 heteroatoms. The Kier molecular flexibility index (Phi) is 2.49. The molecule has 0 bridgehead atoms. The highest BCUT2D eigenvalue weighted by Crippen LogP contribution is 2.25. The van der Waals surface area contributed by atoms with Crippen LogP contribution in [0.3, 0.4) is 0 Å². The summed E-state index contributed by atoms with van der Waals surface area (Å²) >= 11 is 0. The van der Waals surface area contributed by atoms with Crippen LogP contribution in [0.5, 0.6) is 0 Å². The highest BCUT2D eigenvalue weighted by atomic mass is 16.5. The molecule has 0 aromatic rings. The minimum Gasteiger partial charge on any atom is -0.217 e. The smallest absolute Gasteiger partial charge is 0.125 e. The van der Waals surface area contributed by atoms with Crippen molar-refractivity contribution >= 4 is 0 Å². The van der Waals surface area contributed by atoms with Gasteiger partial charge in [-0.25, -0.2) is 5.21 Å². The largest absolute Gasteiger partial charge is 0.217 e. The first-order valence-corrected chi connectivity index (χ1v) is 3.76. The predicted molar refractivity (Wildman–Crippen MR) is 42.8 cm³/mol. The molecule has 0 aliphatic heterocycles. The molecule has 0 unspecified atom stereocenters. The van der Waals surface area contributed by atoms with Gasteiger partial charge in [0.15, 0.2) is 0 Å². The Bertz CT molecular complexity index is 111. The third-order valence-corrected chi connectivity index (χ3v) is 2.82. The minimum atomic E-state index is -0.0694. The fourth-order valence-corrected chi connectivity index (χ4v) is 0.632. The van der Waals surface area contributed by atoms with Gasteiger partial charge >= 0.3 is 0 Å². The van der Waals surface area contributed by atoms with Gasteiger partial charge in [0.25, 0.3) is 0 Å². The first-order chi connectivity index (χ1) is 4.19. The van der Waals surface area contributed by atoms with Crippen molar-refractivity contribution in [1.29, 1.82) is 0 Å². The lowest BCUT2D eigenvalue weighted by Crippen LogP contribution is -2.56. The highest BCUT2D eigenvalue weighted by Gasteiger charge is 2.38. The summed E-state index contributed by atoms with van der Waals surface area (Å²) in [5, 5.41) is 9.65. The Balaban J connectivity index is 4.40. The quantitative estimate of drug-likeness (QED) is 0.466. The zero-order chi connectivity index (χ0) is 8.58. The fourth-order valence-electron chi connectivity index (χ4n) is 0.632. The Morgan fingerprint density at radius 3 is 1.50 bits per heavy atom. The highest BCUT2D eigenvalue weighted by molar-refractivity contribution is 4.70. The molecule has 0 aromatic carbocycles. The standard InChI is InChI=1S/C8H20NO/c1-7(2)8(3,4)9(5,6)10/h7,10H,1-6H3/q+1. The molecule has 0 aromatic heterocycles. The number of hydrogen-bond acceptors (Lipinski definition) is 1. The summed E-state index contributed by atoms with van der Waals surface area (Å²) in [6, 6.07) is 0. The lowest BCUT2D eigenvalue weighted by molar-refractivity contribution is -1.11. The molecule has 0 saturated carbocycles. The second-order valence-electron chi connectivity index (χ2n) is 4.20. The molecule has 10 heavy (non-hydrogen) atoms. The first-order valence-electron chi connectivity index (χ1n) is 3.76. The Labute approximate surface area is 64.0 Å². The van der Waals surface area contributed by atoms with Gasteiger partial charge in [0.1, 0.15) is 5.54 Å². The Morgan fingerprint density at radius 2 is 1.50 bits per heavy atom. The number of hydrogen-bond donors (Lipinski definition) is 1. The van der Waals surface area contributed by atoms with Crippen molar-refractivity contribution in [2.75, 3.05) is 14.1 Å². The van der Waals surface area contributed by atoms with E-state index >= 15 is 0 Å². The van der Waals surface area contributed by atoms with Gasteiger partial charge < -0.3 is 0 Å². The summed E-state index contributed by atoms with van der Waals surface area (Å²) in [5.41, 5.74) is -0.0694. The van der Waals surface area contributed by atoms with Crippen molar-refractivity contribution < 1.29 is 9.85 Å². The summed E-state index contributed by atoms with van der Waals surface area (Å²) in [6.07, 6.45) is 0. The van der Waals surface area contributed by atoms with Crippen LogP contribution in [0.1, 0.15) is 27.7 Å². The summed E-state index contributed by atoms with van der Waals surface area (Å²) in [5.74, 6) is 0.479. The van der Waals surface area contributed by atoms with Gasteiger partial charge in [-0.2, -0.15) is 4.65 Å². The van der Waals surface area contributed by atoms with E-state index in [1.165, 1.54) is 0 Å². The number of hydroxylamine groups is 3. The molecule has 0 aliphatic carbocycles. The van der Waals surface area contributed by atoms with Crippen LogP contribution < -0.4 is 0 Å². The normalized spacial score (nSPS) is 14.4. The van der Waals surface area contributed by atoms with E-state index in [4.69, 9.17) is 0 Å². The summed E-state index contributed by atoms with van der Waals surface area (Å²) in [6.45, 7) is 8.38. The minimum absolute atomic E-state index is 0.0324. The van der Waals surface area contributed by atoms with Crippen molar-refractivity contribution in [2.24, 2.45) is 5.92 Å². The predicted octanol–water partition coefficient (Wildman–Crippen LogP) is 1.89. The molecule has 0 fully saturated rings. The molecule has 0 amide bonds. The van der Waals surface area contributed by atoms with Crippen LogP contribution in [0.25, 0.3) is 0 Å². The average molecular weight is 146 g/mol. The second kappa shape index (κ2) is 2.51. The van der Waals surface area contributed by atoms with E-state index in [-0.39, 0.29) is 10.2 Å². The Hall–Kier alpha value is -0.0800. The third kappa shape index (κ3) is 1.70. The summed E-state index contributed by atoms with van der Waals surface area (Å²) in [7, 11) is 3.61. The van der Waals surface area contributed by atoms with Gasteiger partial charge in [-0.15, -0.1) is 0 Å². The van der Waals surface area contributed by atoms with Crippen LogP contribution in [-0.2, 0) is 0 Å². The molecule has 0 heterocycles. The third-order valence-electron chi connectivity index (χ3n) is 2.82. The molecule has 0 radical (unpaired) electrons. The SMILES string of the molecule is CC(C)C(C)(C)[N+](C)(C)O. The molecular weight excluding hydrogens is 126 g/mol. The van der Waals surface area contributed by atoms with E-state index in [0.29, 0.717) is 5.92 Å². The van der Waals surface area contributed by atoms with Crippen molar-refractivity contribution in [3.8, 4) is 0 Å². The summed E-state index contributed by atoms with van der Waals surface area (Å²) < 4.78 is 0.0324. The van der Waals surface area contributed by atoms with Crippen LogP contribution in [0, 0.1) is 5.92 Å². The van der Waals surface area contributed by atoms with Crippen LogP contribution in [-0.4, -0.2) is 29.5 Å². The maximum atomic E-state index is 9.65. The molecule has 62 valence electrons. The molecule has 0 aliphatic rings. The lowest BCUT2D eigenvalue weighted by atomic mass is 9.89. The second-order valence-corrected chi connectivity index (χ2v) is 4.20. The van der Waals surface area contributed by atoms with Gasteiger partial charge in [-0.1, -0.05) is 13.8 Å². The van der Waals surface area contributed by atoms with Crippen LogP contribution in [0.15, 0.2) is 0 Å². The van der Waals surface area contributed by atoms with E-state index in [0.717, 1.165) is 0 Å². The van der Waals surface area contributed by atoms with Crippen LogP contribution in [0.2, 0.25) is 0 Å². The van der Waals surface area contributed by atoms with Gasteiger partial charge in [-0.3, -0.25) is 0 Å². The maximum absolute atomic E-state index is 9.65. The molecule has 1 N–H and O–H groups in total. The number of rotatable bonds is 2. The van der Waals surface area contributed by atoms with Crippen molar-refractivity contribution in [1.82, 2.24) is 0 Å². The molecule has 0 rings (SSSR count). The monoisotopic (exact) mass is 146 g/mol. The van der Waals surface area contributed by atoms with Gasteiger partial charge in [-0.05, 0) is 13.8 Å². The van der Waals surface area contributed by atoms with E-state index < -0.39 is 0 Å². The zero-order valence-corrected chi connectivity index (χ0v) is 7.97. The number of quaternary nitrogens is 1. The van der Waals surface area contributed by atoms with Gasteiger partial charge in [0.05, 0.1) is 14.1 Å². The Morgan fingerprint density at radius 1 is 1.20 bits per heavy atom. The lowest BCUT2D eigenvalue weighted by Gasteiger charge is -2.40. The topological polar surface area (TPSA) is 20.2 Å². The van der Waals surface area contributed by atoms with E-state index in [9.17, 15) is 5.21 Å². The number of nitrogens with zero attached hydrogens (tertiary/aromatic N) is 1. The fraction of sp³-hybridized carbons (Fsp3) is 1.00. The average Bonchev–Trinajstić information content (AvgIpc) is 1.62. The van der Waals surface area contributed by atoms with Gasteiger partial charge in [0.2, 0.25) is 0 Å². The van der Waals surface area contributed by atoms with Crippen LogP contribution in [0.4, 0.5) is 0 Å². The van der Waals surface area contributed by atoms with Crippen molar-refractivity contribution in [3.63, 3.8) is 0 Å². The van der Waals surface area contributed by atoms with Crippen LogP contribution >= 0.6 is 0 Å². The molecule has 2 nitrogen and oxygen atoms in total. The van der Waals surface area contributed by atoms with Crippen molar-refractivity contribution in [2.45, 2.75) is 33.2 Å². The van der Waals surface area contributed by atoms with E-state index in [1.54, 1.807) is 14.1 Å². The van der Waals surface area contributed by atoms with E-state index in [2.05, 4.69) is 27.7 Å². The maximum Gasteiger partial charge on any atom is 0.125 e. The first kappa shape index (κ1) is 9.92. The summed E-state index contributed by atoms with van der Waals surface area (Å²) in [4.78, 5) is 0. The van der Waals surface area contributed by atoms with E-state index in [1.807, 2.05) is 0 Å². The molecule has 0 spiro atoms. The molecule has 0 atom stereocenters. The molecular formula is C8H20NO+. The van der Waals surface area contributed by atoms with Gasteiger partial charge in [0, 0.05) is 5.92 Å². The zero-order valence-electron chi connectivity index (χ0n) is 7.97. The molecule has 0 saturated heterocycles. The van der Waals surface area contributed by atoms with Crippen molar-refractivity contribution in [3.05, 3.63) is 0 Å².